The minimum Gasteiger partial charge on any atom is -0.351 e. The molecule has 1 saturated heterocycles. The molecule has 0 bridgehead atoms. The molecule has 1 saturated carbocycles. The van der Waals surface area contributed by atoms with E-state index < -0.39 is 15.6 Å². The Kier molecular flexibility index (Phi) is 7.42. The molecule has 7 nitrogen and oxygen atoms in total. The molecule has 1 aliphatic heterocycles. The van der Waals surface area contributed by atoms with Crippen LogP contribution in [0.3, 0.4) is 0 Å². The van der Waals surface area contributed by atoms with E-state index in [4.69, 9.17) is 0 Å². The zero-order valence-electron chi connectivity index (χ0n) is 18.9. The summed E-state index contributed by atoms with van der Waals surface area (Å²) in [6.45, 7) is 4.88. The number of benzene rings is 1. The van der Waals surface area contributed by atoms with E-state index in [0.717, 1.165) is 35.6 Å². The lowest BCUT2D eigenvalue weighted by atomic mass is 9.92. The third kappa shape index (κ3) is 5.29. The number of nitrogens with one attached hydrogen (secondary N) is 1. The van der Waals surface area contributed by atoms with E-state index in [0.29, 0.717) is 5.69 Å². The smallest absolute Gasteiger partial charge is 0.247 e. The Balaban J connectivity index is 1.94. The molecule has 3 rings (SSSR count). The standard InChI is InChI=1S/C23H35N3O4S/c1-4-31(29,30)25-16-21(27)26(20-14-12-18(2)13-15-20)23(3,17-25)22(28)24-19-10-8-6-5-7-9-11-19/h12-15,19H,4-11,16-17H2,1-3H3,(H,24,28)/t23-/m0/s1. The van der Waals surface area contributed by atoms with Gasteiger partial charge in [0.15, 0.2) is 0 Å². The summed E-state index contributed by atoms with van der Waals surface area (Å²) in [5, 5.41) is 3.16. The largest absolute Gasteiger partial charge is 0.351 e. The summed E-state index contributed by atoms with van der Waals surface area (Å²) in [4.78, 5) is 28.3. The summed E-state index contributed by atoms with van der Waals surface area (Å²) in [6, 6.07) is 7.48. The normalized spacial score (nSPS) is 24.5. The van der Waals surface area contributed by atoms with Gasteiger partial charge in [-0.15, -0.1) is 0 Å². The van der Waals surface area contributed by atoms with Crippen molar-refractivity contribution in [1.29, 1.82) is 0 Å². The van der Waals surface area contributed by atoms with Crippen LogP contribution in [-0.2, 0) is 19.6 Å². The van der Waals surface area contributed by atoms with Gasteiger partial charge in [-0.2, -0.15) is 4.31 Å². The fraction of sp³-hybridized carbons (Fsp3) is 0.652. The number of piperazine rings is 1. The average molecular weight is 450 g/mol. The van der Waals surface area contributed by atoms with Gasteiger partial charge in [-0.3, -0.25) is 14.5 Å². The molecule has 1 aromatic carbocycles. The summed E-state index contributed by atoms with van der Waals surface area (Å²) in [5.74, 6) is -0.782. The van der Waals surface area contributed by atoms with Crippen LogP contribution >= 0.6 is 0 Å². The summed E-state index contributed by atoms with van der Waals surface area (Å²) >= 11 is 0. The van der Waals surface area contributed by atoms with Gasteiger partial charge >= 0.3 is 0 Å². The molecule has 1 atom stereocenters. The van der Waals surface area contributed by atoms with Crippen molar-refractivity contribution in [1.82, 2.24) is 9.62 Å². The number of amides is 2. The number of hydrogen-bond donors (Lipinski definition) is 1. The van der Waals surface area contributed by atoms with E-state index in [1.165, 1.54) is 24.2 Å². The number of rotatable bonds is 5. The molecular formula is C23H35N3O4S. The van der Waals surface area contributed by atoms with Crippen LogP contribution in [0.1, 0.15) is 64.4 Å². The molecule has 172 valence electrons. The molecule has 0 aromatic heterocycles. The van der Waals surface area contributed by atoms with Crippen LogP contribution in [0, 0.1) is 6.92 Å². The van der Waals surface area contributed by atoms with E-state index in [2.05, 4.69) is 5.32 Å². The van der Waals surface area contributed by atoms with Crippen molar-refractivity contribution in [2.24, 2.45) is 0 Å². The van der Waals surface area contributed by atoms with Gasteiger partial charge in [0.25, 0.3) is 0 Å². The Bertz CT molecular complexity index is 892. The fourth-order valence-corrected chi connectivity index (χ4v) is 5.70. The first-order chi connectivity index (χ1) is 14.7. The highest BCUT2D eigenvalue weighted by Crippen LogP contribution is 2.31. The van der Waals surface area contributed by atoms with Gasteiger partial charge in [0.1, 0.15) is 5.54 Å². The fourth-order valence-electron chi connectivity index (χ4n) is 4.58. The molecule has 1 heterocycles. The lowest BCUT2D eigenvalue weighted by Gasteiger charge is -2.47. The quantitative estimate of drug-likeness (QED) is 0.749. The Morgan fingerprint density at radius 3 is 2.26 bits per heavy atom. The summed E-state index contributed by atoms with van der Waals surface area (Å²) < 4.78 is 26.4. The van der Waals surface area contributed by atoms with Crippen molar-refractivity contribution in [2.75, 3.05) is 23.7 Å². The minimum absolute atomic E-state index is 0.0535. The summed E-state index contributed by atoms with van der Waals surface area (Å²) in [6.07, 6.45) is 7.53. The van der Waals surface area contributed by atoms with Gasteiger partial charge in [-0.05, 0) is 45.7 Å². The number of nitrogens with zero attached hydrogens (tertiary/aromatic N) is 2. The van der Waals surface area contributed by atoms with Crippen molar-refractivity contribution in [3.63, 3.8) is 0 Å². The van der Waals surface area contributed by atoms with Crippen LogP contribution in [0.5, 0.6) is 0 Å². The maximum atomic E-state index is 13.6. The lowest BCUT2D eigenvalue weighted by Crippen LogP contribution is -2.71. The van der Waals surface area contributed by atoms with Crippen LogP contribution in [0.15, 0.2) is 24.3 Å². The zero-order chi connectivity index (χ0) is 22.6. The molecule has 2 aliphatic rings. The Hall–Kier alpha value is -1.93. The van der Waals surface area contributed by atoms with Gasteiger partial charge < -0.3 is 5.32 Å². The number of carbonyl (C=O) groups is 2. The van der Waals surface area contributed by atoms with E-state index in [9.17, 15) is 18.0 Å². The Morgan fingerprint density at radius 2 is 1.68 bits per heavy atom. The molecule has 1 aromatic rings. The van der Waals surface area contributed by atoms with E-state index >= 15 is 0 Å². The van der Waals surface area contributed by atoms with Crippen molar-refractivity contribution in [2.45, 2.75) is 77.3 Å². The van der Waals surface area contributed by atoms with E-state index in [1.807, 2.05) is 31.2 Å². The number of anilines is 1. The molecule has 2 amide bonds. The van der Waals surface area contributed by atoms with Crippen molar-refractivity contribution in [3.05, 3.63) is 29.8 Å². The van der Waals surface area contributed by atoms with Crippen molar-refractivity contribution in [3.8, 4) is 0 Å². The molecule has 2 fully saturated rings. The van der Waals surface area contributed by atoms with Gasteiger partial charge in [0.2, 0.25) is 21.8 Å². The minimum atomic E-state index is -3.61. The molecule has 0 radical (unpaired) electrons. The maximum absolute atomic E-state index is 13.6. The summed E-state index contributed by atoms with van der Waals surface area (Å²) in [7, 11) is -3.61. The zero-order valence-corrected chi connectivity index (χ0v) is 19.7. The van der Waals surface area contributed by atoms with Crippen LogP contribution in [0.25, 0.3) is 0 Å². The molecule has 1 aliphatic carbocycles. The molecule has 1 N–H and O–H groups in total. The molecule has 0 unspecified atom stereocenters. The third-order valence-electron chi connectivity index (χ3n) is 6.52. The first-order valence-electron chi connectivity index (χ1n) is 11.4. The van der Waals surface area contributed by atoms with Crippen LogP contribution < -0.4 is 10.2 Å². The topological polar surface area (TPSA) is 86.8 Å². The summed E-state index contributed by atoms with van der Waals surface area (Å²) in [5.41, 5.74) is 0.332. The second-order valence-corrected chi connectivity index (χ2v) is 11.3. The average Bonchev–Trinajstić information content (AvgIpc) is 2.70. The third-order valence-corrected chi connectivity index (χ3v) is 8.29. The second-order valence-electron chi connectivity index (χ2n) is 9.02. The highest BCUT2D eigenvalue weighted by Gasteiger charge is 2.50. The SMILES string of the molecule is CCS(=O)(=O)N1CC(=O)N(c2ccc(C)cc2)[C@](C)(C(=O)NC2CCCCCCC2)C1. The molecule has 8 heteroatoms. The second kappa shape index (κ2) is 9.69. The van der Waals surface area contributed by atoms with E-state index in [-0.39, 0.29) is 36.7 Å². The number of sulfonamides is 1. The predicted octanol–water partition coefficient (Wildman–Crippen LogP) is 2.98. The van der Waals surface area contributed by atoms with Crippen molar-refractivity contribution >= 4 is 27.5 Å². The Morgan fingerprint density at radius 1 is 1.10 bits per heavy atom. The molecular weight excluding hydrogens is 414 g/mol. The van der Waals surface area contributed by atoms with Gasteiger partial charge in [0.05, 0.1) is 12.3 Å². The van der Waals surface area contributed by atoms with Gasteiger partial charge in [0, 0.05) is 18.3 Å². The highest BCUT2D eigenvalue weighted by molar-refractivity contribution is 7.89. The van der Waals surface area contributed by atoms with Gasteiger partial charge in [-0.25, -0.2) is 8.42 Å². The van der Waals surface area contributed by atoms with Crippen LogP contribution in [0.4, 0.5) is 5.69 Å². The number of carbonyl (C=O) groups excluding carboxylic acids is 2. The monoisotopic (exact) mass is 449 g/mol. The van der Waals surface area contributed by atoms with E-state index in [1.54, 1.807) is 13.8 Å². The first-order valence-corrected chi connectivity index (χ1v) is 13.0. The number of aryl methyl sites for hydroxylation is 1. The van der Waals surface area contributed by atoms with Crippen molar-refractivity contribution < 1.29 is 18.0 Å². The molecule has 0 spiro atoms. The number of hydrogen-bond acceptors (Lipinski definition) is 4. The highest BCUT2D eigenvalue weighted by atomic mass is 32.2. The van der Waals surface area contributed by atoms with Gasteiger partial charge in [-0.1, -0.05) is 49.8 Å². The van der Waals surface area contributed by atoms with Crippen LogP contribution in [-0.4, -0.2) is 55.0 Å². The van der Waals surface area contributed by atoms with Crippen LogP contribution in [0.2, 0.25) is 0 Å². The first kappa shape index (κ1) is 23.7. The lowest BCUT2D eigenvalue weighted by molar-refractivity contribution is -0.133. The molecule has 31 heavy (non-hydrogen) atoms. The maximum Gasteiger partial charge on any atom is 0.247 e. The Labute approximate surface area is 186 Å². The predicted molar refractivity (Wildman–Crippen MR) is 122 cm³/mol.